The van der Waals surface area contributed by atoms with E-state index in [-0.39, 0.29) is 5.91 Å². The molecule has 0 saturated carbocycles. The molecule has 5 nitrogen and oxygen atoms in total. The molecule has 1 atom stereocenters. The lowest BCUT2D eigenvalue weighted by Crippen LogP contribution is -2.38. The summed E-state index contributed by atoms with van der Waals surface area (Å²) in [5.74, 6) is -0.728. The van der Waals surface area contributed by atoms with Crippen molar-refractivity contribution in [2.24, 2.45) is 4.99 Å². The number of nitrogens with zero attached hydrogens (tertiary/aromatic N) is 2. The van der Waals surface area contributed by atoms with Gasteiger partial charge in [0.1, 0.15) is 6.04 Å². The van der Waals surface area contributed by atoms with Gasteiger partial charge >= 0.3 is 0 Å². The molecular weight excluding hydrogens is 390 g/mol. The molecule has 1 aromatic carbocycles. The number of nitrogens with one attached hydrogen (secondary N) is 1. The summed E-state index contributed by atoms with van der Waals surface area (Å²) in [6, 6.07) is 4.50. The summed E-state index contributed by atoms with van der Waals surface area (Å²) < 4.78 is 1.56. The number of halogens is 2. The minimum absolute atomic E-state index is 0.326. The van der Waals surface area contributed by atoms with Crippen molar-refractivity contribution in [2.75, 3.05) is 14.1 Å². The first-order valence-electron chi connectivity index (χ1n) is 5.81. The van der Waals surface area contributed by atoms with E-state index in [1.807, 2.05) is 6.07 Å². The summed E-state index contributed by atoms with van der Waals surface area (Å²) in [7, 11) is 3.53. The van der Waals surface area contributed by atoms with Crippen LogP contribution in [0.5, 0.6) is 0 Å². The fraction of sp³-hybridized carbons (Fsp3) is 0.308. The van der Waals surface area contributed by atoms with Crippen LogP contribution < -0.4 is 5.32 Å². The Balaban J connectivity index is 2.72. The molecule has 0 fully saturated rings. The molecule has 1 unspecified atom stereocenters. The van der Waals surface area contributed by atoms with Crippen molar-refractivity contribution in [1.29, 1.82) is 0 Å². The topological polar surface area (TPSA) is 61.8 Å². The highest BCUT2D eigenvalue weighted by Gasteiger charge is 2.16. The molecule has 0 aliphatic carbocycles. The highest BCUT2D eigenvalue weighted by atomic mass is 79.9. The lowest BCUT2D eigenvalue weighted by Gasteiger charge is -2.11. The molecule has 1 rings (SSSR count). The number of carbonyl (C=O) groups excluding carboxylic acids is 2. The van der Waals surface area contributed by atoms with Crippen LogP contribution in [0.2, 0.25) is 0 Å². The van der Waals surface area contributed by atoms with Crippen molar-refractivity contribution < 1.29 is 9.59 Å². The maximum Gasteiger partial charge on any atom is 0.269 e. The molecule has 0 aliphatic rings. The molecule has 1 N–H and O–H groups in total. The van der Waals surface area contributed by atoms with Crippen LogP contribution in [-0.2, 0) is 4.79 Å². The number of aliphatic imine (C=N–C) groups is 1. The maximum atomic E-state index is 12.0. The van der Waals surface area contributed by atoms with Gasteiger partial charge < -0.3 is 10.2 Å². The molecule has 0 heterocycles. The molecule has 0 radical (unpaired) electrons. The van der Waals surface area contributed by atoms with E-state index in [1.165, 1.54) is 6.34 Å². The first-order valence-corrected chi connectivity index (χ1v) is 7.39. The quantitative estimate of drug-likeness (QED) is 0.619. The van der Waals surface area contributed by atoms with Gasteiger partial charge in [-0.1, -0.05) is 31.9 Å². The second-order valence-corrected chi connectivity index (χ2v) is 6.23. The zero-order valence-electron chi connectivity index (χ0n) is 11.4. The van der Waals surface area contributed by atoms with Gasteiger partial charge in [-0.15, -0.1) is 0 Å². The summed E-state index contributed by atoms with van der Waals surface area (Å²) in [5.41, 5.74) is 0.461. The van der Waals surface area contributed by atoms with Gasteiger partial charge in [0.05, 0.1) is 6.34 Å². The van der Waals surface area contributed by atoms with Gasteiger partial charge in [-0.3, -0.25) is 9.59 Å². The number of rotatable bonds is 4. The van der Waals surface area contributed by atoms with Crippen LogP contribution in [0.1, 0.15) is 17.3 Å². The van der Waals surface area contributed by atoms with Crippen LogP contribution in [0.15, 0.2) is 32.1 Å². The summed E-state index contributed by atoms with van der Waals surface area (Å²) in [4.78, 5) is 29.1. The summed E-state index contributed by atoms with van der Waals surface area (Å²) in [6.07, 6.45) is 1.40. The Morgan fingerprint density at radius 2 is 1.80 bits per heavy atom. The van der Waals surface area contributed by atoms with Gasteiger partial charge in [0.2, 0.25) is 0 Å². The Morgan fingerprint density at radius 1 is 1.25 bits per heavy atom. The van der Waals surface area contributed by atoms with Gasteiger partial charge in [-0.05, 0) is 25.1 Å². The molecule has 0 aliphatic heterocycles. The summed E-state index contributed by atoms with van der Waals surface area (Å²) in [6.45, 7) is 1.60. The van der Waals surface area contributed by atoms with E-state index in [0.717, 1.165) is 8.95 Å². The minimum atomic E-state index is -0.684. The van der Waals surface area contributed by atoms with Gasteiger partial charge in [0.15, 0.2) is 0 Å². The highest BCUT2D eigenvalue weighted by molar-refractivity contribution is 9.11. The SMILES string of the molecule is CC(NC(=O)c1cc(Br)cc(Br)c1)C(=O)N=CN(C)C. The average Bonchev–Trinajstić information content (AvgIpc) is 2.34. The zero-order chi connectivity index (χ0) is 15.3. The number of carbonyl (C=O) groups is 2. The zero-order valence-corrected chi connectivity index (χ0v) is 14.5. The number of hydrogen-bond donors (Lipinski definition) is 1. The van der Waals surface area contributed by atoms with Gasteiger partial charge in [0, 0.05) is 28.6 Å². The normalized spacial score (nSPS) is 12.2. The lowest BCUT2D eigenvalue weighted by molar-refractivity contribution is -0.119. The molecule has 1 aromatic rings. The van der Waals surface area contributed by atoms with Crippen LogP contribution in [-0.4, -0.2) is 43.2 Å². The Labute approximate surface area is 134 Å². The van der Waals surface area contributed by atoms with E-state index in [2.05, 4.69) is 42.2 Å². The van der Waals surface area contributed by atoms with Crippen molar-refractivity contribution in [1.82, 2.24) is 10.2 Å². The summed E-state index contributed by atoms with van der Waals surface area (Å²) in [5, 5.41) is 2.61. The van der Waals surface area contributed by atoms with Crippen molar-refractivity contribution >= 4 is 50.0 Å². The number of hydrogen-bond acceptors (Lipinski definition) is 2. The predicted molar refractivity (Wildman–Crippen MR) is 86.0 cm³/mol. The Morgan fingerprint density at radius 3 is 2.30 bits per heavy atom. The lowest BCUT2D eigenvalue weighted by atomic mass is 10.2. The largest absolute Gasteiger partial charge is 0.369 e. The molecular formula is C13H15Br2N3O2. The van der Waals surface area contributed by atoms with E-state index in [1.54, 1.807) is 38.1 Å². The van der Waals surface area contributed by atoms with E-state index in [9.17, 15) is 9.59 Å². The van der Waals surface area contributed by atoms with E-state index < -0.39 is 11.9 Å². The molecule has 7 heteroatoms. The third kappa shape index (κ3) is 5.42. The van der Waals surface area contributed by atoms with Crippen LogP contribution in [0, 0.1) is 0 Å². The smallest absolute Gasteiger partial charge is 0.269 e. The van der Waals surface area contributed by atoms with Crippen molar-refractivity contribution in [3.05, 3.63) is 32.7 Å². The predicted octanol–water partition coefficient (Wildman–Crippen LogP) is 2.45. The van der Waals surface area contributed by atoms with Crippen LogP contribution in [0.25, 0.3) is 0 Å². The van der Waals surface area contributed by atoms with Gasteiger partial charge in [0.25, 0.3) is 11.8 Å². The Bertz CT molecular complexity index is 524. The van der Waals surface area contributed by atoms with E-state index in [4.69, 9.17) is 0 Å². The fourth-order valence-corrected chi connectivity index (χ4v) is 2.60. The summed E-state index contributed by atoms with van der Waals surface area (Å²) >= 11 is 6.62. The van der Waals surface area contributed by atoms with Crippen LogP contribution >= 0.6 is 31.9 Å². The molecule has 0 saturated heterocycles. The molecule has 0 aromatic heterocycles. The average molecular weight is 405 g/mol. The molecule has 0 spiro atoms. The maximum absolute atomic E-state index is 12.0. The van der Waals surface area contributed by atoms with Crippen LogP contribution in [0.3, 0.4) is 0 Å². The van der Waals surface area contributed by atoms with Gasteiger partial charge in [-0.25, -0.2) is 4.99 Å². The second-order valence-electron chi connectivity index (χ2n) is 4.40. The first-order chi connectivity index (χ1) is 9.29. The standard InChI is InChI=1S/C13H15Br2N3O2/c1-8(12(19)16-7-18(2)3)17-13(20)9-4-10(14)6-11(15)5-9/h4-8H,1-3H3,(H,17,20). The van der Waals surface area contributed by atoms with Crippen LogP contribution in [0.4, 0.5) is 0 Å². The third-order valence-electron chi connectivity index (χ3n) is 2.26. The Hall–Kier alpha value is -1.21. The van der Waals surface area contributed by atoms with Crippen molar-refractivity contribution in [3.63, 3.8) is 0 Å². The minimum Gasteiger partial charge on any atom is -0.369 e. The molecule has 0 bridgehead atoms. The third-order valence-corrected chi connectivity index (χ3v) is 3.17. The molecule has 2 amide bonds. The second kappa shape index (κ2) is 7.54. The van der Waals surface area contributed by atoms with Gasteiger partial charge in [-0.2, -0.15) is 0 Å². The monoisotopic (exact) mass is 403 g/mol. The highest BCUT2D eigenvalue weighted by Crippen LogP contribution is 2.20. The van der Waals surface area contributed by atoms with Crippen molar-refractivity contribution in [2.45, 2.75) is 13.0 Å². The number of benzene rings is 1. The van der Waals surface area contributed by atoms with Crippen molar-refractivity contribution in [3.8, 4) is 0 Å². The fourth-order valence-electron chi connectivity index (χ4n) is 1.31. The molecule has 108 valence electrons. The van der Waals surface area contributed by atoms with E-state index >= 15 is 0 Å². The number of amides is 2. The Kier molecular flexibility index (Phi) is 6.35. The van der Waals surface area contributed by atoms with E-state index in [0.29, 0.717) is 5.56 Å². The first kappa shape index (κ1) is 16.8. The molecule has 20 heavy (non-hydrogen) atoms.